The van der Waals surface area contributed by atoms with E-state index in [4.69, 9.17) is 0 Å². The fourth-order valence-electron chi connectivity index (χ4n) is 3.31. The Bertz CT molecular complexity index is 595. The molecule has 0 spiro atoms. The van der Waals surface area contributed by atoms with E-state index in [0.717, 1.165) is 18.1 Å². The topological polar surface area (TPSA) is 28.2 Å². The summed E-state index contributed by atoms with van der Waals surface area (Å²) in [5.41, 5.74) is 2.47. The van der Waals surface area contributed by atoms with Gasteiger partial charge in [-0.1, -0.05) is 18.2 Å². The number of benzene rings is 1. The van der Waals surface area contributed by atoms with E-state index in [1.807, 2.05) is 6.20 Å². The van der Waals surface area contributed by atoms with Gasteiger partial charge in [-0.25, -0.2) is 0 Å². The minimum atomic E-state index is 0.655. The van der Waals surface area contributed by atoms with Crippen LogP contribution in [0.25, 0.3) is 10.9 Å². The number of pyridine rings is 1. The van der Waals surface area contributed by atoms with Gasteiger partial charge in [-0.2, -0.15) is 0 Å². The van der Waals surface area contributed by atoms with Crippen molar-refractivity contribution in [3.63, 3.8) is 0 Å². The molecular weight excluding hydrogens is 246 g/mol. The maximum absolute atomic E-state index is 4.49. The molecule has 2 aliphatic rings. The number of hydrogen-bond donors (Lipinski definition) is 1. The third kappa shape index (κ3) is 2.27. The van der Waals surface area contributed by atoms with E-state index < -0.39 is 0 Å². The monoisotopic (exact) mass is 267 g/mol. The van der Waals surface area contributed by atoms with Crippen molar-refractivity contribution in [3.05, 3.63) is 36.5 Å². The Morgan fingerprint density at radius 1 is 1.15 bits per heavy atom. The highest BCUT2D eigenvalue weighted by Crippen LogP contribution is 2.35. The van der Waals surface area contributed by atoms with Crippen LogP contribution in [0.1, 0.15) is 25.7 Å². The summed E-state index contributed by atoms with van der Waals surface area (Å²) in [7, 11) is 0. The lowest BCUT2D eigenvalue weighted by atomic mass is 10.1. The van der Waals surface area contributed by atoms with Crippen LogP contribution in [0.15, 0.2) is 36.5 Å². The van der Waals surface area contributed by atoms with E-state index in [-0.39, 0.29) is 0 Å². The molecule has 104 valence electrons. The standard InChI is InChI=1S/C17H21N3/c1-2-6-16-15(5-1)17(9-11-19-16)20(14-7-8-14)12-13-4-3-10-18-13/h1-2,5-6,9,11,13-14,18H,3-4,7-8,10,12H2. The fourth-order valence-corrected chi connectivity index (χ4v) is 3.31. The third-order valence-electron chi connectivity index (χ3n) is 4.50. The number of hydrogen-bond acceptors (Lipinski definition) is 3. The normalized spacial score (nSPS) is 22.3. The van der Waals surface area contributed by atoms with Crippen LogP contribution in [0.4, 0.5) is 5.69 Å². The van der Waals surface area contributed by atoms with Crippen molar-refractivity contribution in [1.82, 2.24) is 10.3 Å². The zero-order chi connectivity index (χ0) is 13.4. The molecule has 1 saturated heterocycles. The summed E-state index contributed by atoms with van der Waals surface area (Å²) in [6.07, 6.45) is 7.26. The van der Waals surface area contributed by atoms with E-state index >= 15 is 0 Å². The van der Waals surface area contributed by atoms with Crippen LogP contribution in [-0.4, -0.2) is 30.2 Å². The van der Waals surface area contributed by atoms with Crippen molar-refractivity contribution in [3.8, 4) is 0 Å². The number of nitrogens with zero attached hydrogens (tertiary/aromatic N) is 2. The summed E-state index contributed by atoms with van der Waals surface area (Å²) in [5, 5.41) is 4.92. The van der Waals surface area contributed by atoms with E-state index in [9.17, 15) is 0 Å². The molecule has 3 nitrogen and oxygen atoms in total. The first-order valence-corrected chi connectivity index (χ1v) is 7.75. The lowest BCUT2D eigenvalue weighted by Gasteiger charge is -2.29. The van der Waals surface area contributed by atoms with E-state index in [1.54, 1.807) is 0 Å². The smallest absolute Gasteiger partial charge is 0.0722 e. The summed E-state index contributed by atoms with van der Waals surface area (Å²) in [4.78, 5) is 7.11. The molecular formula is C17H21N3. The first kappa shape index (κ1) is 12.2. The molecule has 2 heterocycles. The highest BCUT2D eigenvalue weighted by molar-refractivity contribution is 5.91. The van der Waals surface area contributed by atoms with Crippen LogP contribution < -0.4 is 10.2 Å². The second-order valence-corrected chi connectivity index (χ2v) is 6.02. The molecule has 0 amide bonds. The molecule has 1 aliphatic carbocycles. The van der Waals surface area contributed by atoms with Crippen molar-refractivity contribution in [1.29, 1.82) is 0 Å². The maximum Gasteiger partial charge on any atom is 0.0722 e. The van der Waals surface area contributed by atoms with Crippen molar-refractivity contribution in [2.45, 2.75) is 37.8 Å². The van der Waals surface area contributed by atoms with Gasteiger partial charge in [0, 0.05) is 35.9 Å². The molecule has 0 radical (unpaired) electrons. The van der Waals surface area contributed by atoms with E-state index in [2.05, 4.69) is 45.5 Å². The van der Waals surface area contributed by atoms with E-state index in [1.165, 1.54) is 43.3 Å². The van der Waals surface area contributed by atoms with Gasteiger partial charge in [0.25, 0.3) is 0 Å². The molecule has 1 atom stereocenters. The summed E-state index contributed by atoms with van der Waals surface area (Å²) in [6, 6.07) is 12.1. The van der Waals surface area contributed by atoms with Gasteiger partial charge in [0.2, 0.25) is 0 Å². The van der Waals surface area contributed by atoms with E-state index in [0.29, 0.717) is 6.04 Å². The van der Waals surface area contributed by atoms with Gasteiger partial charge in [-0.3, -0.25) is 4.98 Å². The predicted octanol–water partition coefficient (Wildman–Crippen LogP) is 2.96. The molecule has 20 heavy (non-hydrogen) atoms. The van der Waals surface area contributed by atoms with Crippen LogP contribution in [0.2, 0.25) is 0 Å². The van der Waals surface area contributed by atoms with Gasteiger partial charge in [0.1, 0.15) is 0 Å². The van der Waals surface area contributed by atoms with Crippen molar-refractivity contribution in [2.75, 3.05) is 18.0 Å². The Balaban J connectivity index is 1.70. The molecule has 2 fully saturated rings. The Hall–Kier alpha value is -1.61. The summed E-state index contributed by atoms with van der Waals surface area (Å²) in [6.45, 7) is 2.32. The summed E-state index contributed by atoms with van der Waals surface area (Å²) >= 11 is 0. The lowest BCUT2D eigenvalue weighted by molar-refractivity contribution is 0.579. The quantitative estimate of drug-likeness (QED) is 0.923. The number of nitrogens with one attached hydrogen (secondary N) is 1. The lowest BCUT2D eigenvalue weighted by Crippen LogP contribution is -2.39. The summed E-state index contributed by atoms with van der Waals surface area (Å²) in [5.74, 6) is 0. The highest BCUT2D eigenvalue weighted by Gasteiger charge is 2.32. The SMILES string of the molecule is c1ccc2c(N(CC3CCCN3)C3CC3)ccnc2c1. The third-order valence-corrected chi connectivity index (χ3v) is 4.50. The average molecular weight is 267 g/mol. The molecule has 2 aromatic rings. The summed E-state index contributed by atoms with van der Waals surface area (Å²) < 4.78 is 0. The number of rotatable bonds is 4. The fraction of sp³-hybridized carbons (Fsp3) is 0.471. The Morgan fingerprint density at radius 3 is 2.85 bits per heavy atom. The number of para-hydroxylation sites is 1. The highest BCUT2D eigenvalue weighted by atomic mass is 15.2. The Morgan fingerprint density at radius 2 is 2.05 bits per heavy atom. The largest absolute Gasteiger partial charge is 0.366 e. The van der Waals surface area contributed by atoms with Crippen LogP contribution in [-0.2, 0) is 0 Å². The van der Waals surface area contributed by atoms with Crippen molar-refractivity contribution >= 4 is 16.6 Å². The average Bonchev–Trinajstić information content (AvgIpc) is 3.21. The Labute approximate surface area is 120 Å². The van der Waals surface area contributed by atoms with Crippen LogP contribution in [0.5, 0.6) is 0 Å². The van der Waals surface area contributed by atoms with Gasteiger partial charge in [0.05, 0.1) is 5.52 Å². The van der Waals surface area contributed by atoms with Crippen molar-refractivity contribution in [2.24, 2.45) is 0 Å². The van der Waals surface area contributed by atoms with Gasteiger partial charge in [0.15, 0.2) is 0 Å². The van der Waals surface area contributed by atoms with Gasteiger partial charge >= 0.3 is 0 Å². The van der Waals surface area contributed by atoms with Crippen LogP contribution >= 0.6 is 0 Å². The zero-order valence-corrected chi connectivity index (χ0v) is 11.8. The molecule has 1 N–H and O–H groups in total. The first-order chi connectivity index (χ1) is 9.92. The zero-order valence-electron chi connectivity index (χ0n) is 11.8. The number of aromatic nitrogens is 1. The predicted molar refractivity (Wildman–Crippen MR) is 83.1 cm³/mol. The second-order valence-electron chi connectivity index (χ2n) is 6.02. The molecule has 1 aromatic heterocycles. The molecule has 4 rings (SSSR count). The Kier molecular flexibility index (Phi) is 3.07. The molecule has 0 bridgehead atoms. The minimum absolute atomic E-state index is 0.655. The second kappa shape index (κ2) is 5.06. The number of fused-ring (bicyclic) bond motifs is 1. The van der Waals surface area contributed by atoms with Gasteiger partial charge < -0.3 is 10.2 Å². The number of anilines is 1. The molecule has 3 heteroatoms. The van der Waals surface area contributed by atoms with Crippen molar-refractivity contribution < 1.29 is 0 Å². The molecule has 1 unspecified atom stereocenters. The van der Waals surface area contributed by atoms with Crippen LogP contribution in [0, 0.1) is 0 Å². The maximum atomic E-state index is 4.49. The molecule has 1 aliphatic heterocycles. The first-order valence-electron chi connectivity index (χ1n) is 7.75. The molecule has 1 aromatic carbocycles. The minimum Gasteiger partial charge on any atom is -0.366 e. The van der Waals surface area contributed by atoms with Crippen LogP contribution in [0.3, 0.4) is 0 Å². The van der Waals surface area contributed by atoms with Gasteiger partial charge in [-0.15, -0.1) is 0 Å². The molecule has 1 saturated carbocycles. The van der Waals surface area contributed by atoms with Gasteiger partial charge in [-0.05, 0) is 44.4 Å².